The van der Waals surface area contributed by atoms with Crippen molar-refractivity contribution in [2.75, 3.05) is 0 Å². The molecule has 1 aromatic rings. The molecule has 52 valence electrons. The van der Waals surface area contributed by atoms with Crippen molar-refractivity contribution in [3.63, 3.8) is 0 Å². The van der Waals surface area contributed by atoms with Crippen LogP contribution in [-0.2, 0) is 0 Å². The van der Waals surface area contributed by atoms with Crippen LogP contribution in [0.1, 0.15) is 6.92 Å². The number of hydrogen-bond donors (Lipinski definition) is 1. The standard InChI is InChI=1S/C9H10O/c1-3-8-7(2)5-4-6-9(8)10/h3-6,10H,2H2,1H3/b8-3-. The maximum Gasteiger partial charge on any atom is 0.123 e. The van der Waals surface area contributed by atoms with Crippen LogP contribution in [0.25, 0.3) is 12.7 Å². The zero-order chi connectivity index (χ0) is 7.56. The van der Waals surface area contributed by atoms with Gasteiger partial charge in [0.15, 0.2) is 0 Å². The van der Waals surface area contributed by atoms with Crippen LogP contribution in [0.4, 0.5) is 0 Å². The molecular weight excluding hydrogens is 124 g/mol. The van der Waals surface area contributed by atoms with E-state index in [9.17, 15) is 5.11 Å². The van der Waals surface area contributed by atoms with Crippen molar-refractivity contribution in [2.24, 2.45) is 0 Å². The third-order valence-corrected chi connectivity index (χ3v) is 1.46. The van der Waals surface area contributed by atoms with E-state index >= 15 is 0 Å². The minimum atomic E-state index is 0.301. The smallest absolute Gasteiger partial charge is 0.123 e. The third kappa shape index (κ3) is 1.03. The second-order valence-corrected chi connectivity index (χ2v) is 2.14. The molecule has 0 aliphatic rings. The topological polar surface area (TPSA) is 20.2 Å². The molecule has 10 heavy (non-hydrogen) atoms. The van der Waals surface area contributed by atoms with E-state index in [1.807, 2.05) is 19.1 Å². The highest BCUT2D eigenvalue weighted by atomic mass is 16.3. The Morgan fingerprint density at radius 3 is 2.60 bits per heavy atom. The van der Waals surface area contributed by atoms with Crippen LogP contribution in [0.15, 0.2) is 18.2 Å². The van der Waals surface area contributed by atoms with Crippen molar-refractivity contribution < 1.29 is 5.11 Å². The summed E-state index contributed by atoms with van der Waals surface area (Å²) in [6.07, 6.45) is 1.84. The second kappa shape index (κ2) is 2.56. The number of rotatable bonds is 0. The molecule has 0 aromatic heterocycles. The van der Waals surface area contributed by atoms with Crippen molar-refractivity contribution >= 4 is 12.7 Å². The molecule has 0 atom stereocenters. The Labute approximate surface area is 59.9 Å². The van der Waals surface area contributed by atoms with E-state index in [2.05, 4.69) is 6.58 Å². The van der Waals surface area contributed by atoms with Gasteiger partial charge in [-0.2, -0.15) is 0 Å². The molecular formula is C9H10O. The van der Waals surface area contributed by atoms with Gasteiger partial charge in [-0.15, -0.1) is 0 Å². The molecule has 0 radical (unpaired) electrons. The van der Waals surface area contributed by atoms with Crippen LogP contribution in [-0.4, -0.2) is 5.11 Å². The van der Waals surface area contributed by atoms with E-state index < -0.39 is 0 Å². The van der Waals surface area contributed by atoms with Crippen molar-refractivity contribution in [1.29, 1.82) is 0 Å². The summed E-state index contributed by atoms with van der Waals surface area (Å²) < 4.78 is 0. The van der Waals surface area contributed by atoms with Gasteiger partial charge in [0.1, 0.15) is 5.75 Å². The molecule has 0 heterocycles. The number of phenols is 1. The molecule has 0 fully saturated rings. The second-order valence-electron chi connectivity index (χ2n) is 2.14. The van der Waals surface area contributed by atoms with Crippen molar-refractivity contribution in [1.82, 2.24) is 0 Å². The number of phenolic OH excluding ortho intramolecular Hbond substituents is 1. The van der Waals surface area contributed by atoms with Crippen LogP contribution < -0.4 is 10.4 Å². The summed E-state index contributed by atoms with van der Waals surface area (Å²) in [5.74, 6) is 0.301. The van der Waals surface area contributed by atoms with Crippen LogP contribution in [0.5, 0.6) is 5.75 Å². The van der Waals surface area contributed by atoms with Gasteiger partial charge in [0.2, 0.25) is 0 Å². The molecule has 0 bridgehead atoms. The van der Waals surface area contributed by atoms with Crippen LogP contribution in [0.2, 0.25) is 0 Å². The minimum Gasteiger partial charge on any atom is -0.507 e. The fourth-order valence-electron chi connectivity index (χ4n) is 0.933. The highest BCUT2D eigenvalue weighted by Crippen LogP contribution is 1.93. The first-order valence-electron chi connectivity index (χ1n) is 3.19. The number of aromatic hydroxyl groups is 1. The molecule has 0 amide bonds. The van der Waals surface area contributed by atoms with Gasteiger partial charge in [0, 0.05) is 5.22 Å². The molecule has 0 unspecified atom stereocenters. The Balaban J connectivity index is 3.63. The lowest BCUT2D eigenvalue weighted by molar-refractivity contribution is 0.470. The maximum atomic E-state index is 9.22. The SMILES string of the molecule is C=c1cccc(O)/c1=C\C. The first-order valence-corrected chi connectivity index (χ1v) is 3.19. The molecule has 0 saturated carbocycles. The lowest BCUT2D eigenvalue weighted by Crippen LogP contribution is -2.21. The van der Waals surface area contributed by atoms with Crippen molar-refractivity contribution in [2.45, 2.75) is 6.92 Å². The van der Waals surface area contributed by atoms with Crippen molar-refractivity contribution in [3.8, 4) is 5.75 Å². The summed E-state index contributed by atoms with van der Waals surface area (Å²) >= 11 is 0. The summed E-state index contributed by atoms with van der Waals surface area (Å²) in [4.78, 5) is 0. The third-order valence-electron chi connectivity index (χ3n) is 1.46. The minimum absolute atomic E-state index is 0.301. The predicted octanol–water partition coefficient (Wildman–Crippen LogP) is 0.603. The number of benzene rings is 1. The summed E-state index contributed by atoms with van der Waals surface area (Å²) in [5.41, 5.74) is 0. The van der Waals surface area contributed by atoms with Gasteiger partial charge in [-0.05, 0) is 18.2 Å². The first kappa shape index (κ1) is 6.87. The normalized spacial score (nSPS) is 11.9. The van der Waals surface area contributed by atoms with E-state index in [0.29, 0.717) is 5.75 Å². The number of hydrogen-bond acceptors (Lipinski definition) is 1. The van der Waals surface area contributed by atoms with Gasteiger partial charge >= 0.3 is 0 Å². The van der Waals surface area contributed by atoms with Gasteiger partial charge in [-0.25, -0.2) is 0 Å². The van der Waals surface area contributed by atoms with Crippen LogP contribution in [0, 0.1) is 0 Å². The summed E-state index contributed by atoms with van der Waals surface area (Å²) in [5, 5.41) is 10.9. The Morgan fingerprint density at radius 1 is 1.50 bits per heavy atom. The first-order chi connectivity index (χ1) is 4.75. The molecule has 1 heteroatoms. The van der Waals surface area contributed by atoms with Gasteiger partial charge in [-0.3, -0.25) is 0 Å². The van der Waals surface area contributed by atoms with E-state index in [1.54, 1.807) is 12.1 Å². The average Bonchev–Trinajstić information content (AvgIpc) is 1.88. The average molecular weight is 134 g/mol. The van der Waals surface area contributed by atoms with E-state index in [0.717, 1.165) is 10.4 Å². The summed E-state index contributed by atoms with van der Waals surface area (Å²) in [7, 11) is 0. The molecule has 1 aromatic carbocycles. The molecule has 1 rings (SSSR count). The van der Waals surface area contributed by atoms with Crippen LogP contribution >= 0.6 is 0 Å². The quantitative estimate of drug-likeness (QED) is 0.551. The Bertz CT molecular complexity index is 325. The van der Waals surface area contributed by atoms with Gasteiger partial charge in [0.05, 0.1) is 0 Å². The van der Waals surface area contributed by atoms with E-state index in [-0.39, 0.29) is 0 Å². The maximum absolute atomic E-state index is 9.22. The Morgan fingerprint density at radius 2 is 2.20 bits per heavy atom. The van der Waals surface area contributed by atoms with Gasteiger partial charge in [-0.1, -0.05) is 24.8 Å². The fraction of sp³-hybridized carbons (Fsp3) is 0.111. The highest BCUT2D eigenvalue weighted by Gasteiger charge is 1.87. The lowest BCUT2D eigenvalue weighted by atomic mass is 10.2. The fourth-order valence-corrected chi connectivity index (χ4v) is 0.933. The Kier molecular flexibility index (Phi) is 1.76. The molecule has 1 nitrogen and oxygen atoms in total. The van der Waals surface area contributed by atoms with Gasteiger partial charge in [0.25, 0.3) is 0 Å². The highest BCUT2D eigenvalue weighted by molar-refractivity contribution is 5.33. The summed E-state index contributed by atoms with van der Waals surface area (Å²) in [6, 6.07) is 5.31. The zero-order valence-electron chi connectivity index (χ0n) is 5.96. The molecule has 0 aliphatic carbocycles. The Hall–Kier alpha value is -1.24. The zero-order valence-corrected chi connectivity index (χ0v) is 5.96. The largest absolute Gasteiger partial charge is 0.507 e. The van der Waals surface area contributed by atoms with Gasteiger partial charge < -0.3 is 5.11 Å². The summed E-state index contributed by atoms with van der Waals surface area (Å²) in [6.45, 7) is 5.64. The van der Waals surface area contributed by atoms with E-state index in [4.69, 9.17) is 0 Å². The van der Waals surface area contributed by atoms with Crippen molar-refractivity contribution in [3.05, 3.63) is 28.6 Å². The molecule has 0 saturated heterocycles. The molecule has 0 spiro atoms. The van der Waals surface area contributed by atoms with E-state index in [1.165, 1.54) is 0 Å². The predicted molar refractivity (Wildman–Crippen MR) is 43.0 cm³/mol. The lowest BCUT2D eigenvalue weighted by Gasteiger charge is -1.91. The molecule has 0 aliphatic heterocycles. The molecule has 1 N–H and O–H groups in total. The van der Waals surface area contributed by atoms with Crippen LogP contribution in [0.3, 0.4) is 0 Å². The monoisotopic (exact) mass is 134 g/mol.